The Morgan fingerprint density at radius 1 is 1.31 bits per heavy atom. The average molecular weight is 218 g/mol. The Bertz CT molecular complexity index is 390. The molecule has 0 N–H and O–H groups in total. The molecule has 2 rings (SSSR count). The SMILES string of the molecule is COc1cc(C)ccc1C(=O)C1CCCC1. The zero-order valence-corrected chi connectivity index (χ0v) is 9.95. The van der Waals surface area contributed by atoms with E-state index in [9.17, 15) is 4.79 Å². The van der Waals surface area contributed by atoms with Crippen molar-refractivity contribution in [3.05, 3.63) is 29.3 Å². The molecule has 0 radical (unpaired) electrons. The maximum atomic E-state index is 12.3. The van der Waals surface area contributed by atoms with E-state index in [1.54, 1.807) is 7.11 Å². The molecule has 1 saturated carbocycles. The molecule has 1 aliphatic rings. The standard InChI is InChI=1S/C14H18O2/c1-10-7-8-12(13(9-10)16-2)14(15)11-5-3-4-6-11/h7-9,11H,3-6H2,1-2H3. The molecule has 1 aromatic rings. The fraction of sp³-hybridized carbons (Fsp3) is 0.500. The van der Waals surface area contributed by atoms with Gasteiger partial charge in [-0.25, -0.2) is 0 Å². The summed E-state index contributed by atoms with van der Waals surface area (Å²) in [7, 11) is 1.63. The maximum absolute atomic E-state index is 12.3. The molecule has 0 bridgehead atoms. The first-order valence-electron chi connectivity index (χ1n) is 5.91. The second-order valence-electron chi connectivity index (χ2n) is 4.55. The maximum Gasteiger partial charge on any atom is 0.169 e. The number of carbonyl (C=O) groups excluding carboxylic acids is 1. The van der Waals surface area contributed by atoms with Gasteiger partial charge in [0.25, 0.3) is 0 Å². The van der Waals surface area contributed by atoms with Gasteiger partial charge in [0.2, 0.25) is 0 Å². The predicted molar refractivity (Wildman–Crippen MR) is 64.0 cm³/mol. The number of benzene rings is 1. The Morgan fingerprint density at radius 2 is 2.00 bits per heavy atom. The molecular formula is C14H18O2. The molecule has 1 aromatic carbocycles. The highest BCUT2D eigenvalue weighted by atomic mass is 16.5. The number of aryl methyl sites for hydroxylation is 1. The van der Waals surface area contributed by atoms with Crippen molar-refractivity contribution in [3.8, 4) is 5.75 Å². The van der Waals surface area contributed by atoms with E-state index in [2.05, 4.69) is 0 Å². The van der Waals surface area contributed by atoms with Gasteiger partial charge in [-0.05, 0) is 37.5 Å². The lowest BCUT2D eigenvalue weighted by Gasteiger charge is -2.12. The van der Waals surface area contributed by atoms with Crippen molar-refractivity contribution >= 4 is 5.78 Å². The lowest BCUT2D eigenvalue weighted by molar-refractivity contribution is 0.0920. The van der Waals surface area contributed by atoms with Crippen LogP contribution in [0.4, 0.5) is 0 Å². The number of ketones is 1. The quantitative estimate of drug-likeness (QED) is 0.727. The molecule has 16 heavy (non-hydrogen) atoms. The Kier molecular flexibility index (Phi) is 3.28. The number of methoxy groups -OCH3 is 1. The number of hydrogen-bond donors (Lipinski definition) is 0. The second kappa shape index (κ2) is 4.69. The van der Waals surface area contributed by atoms with Gasteiger partial charge in [-0.3, -0.25) is 4.79 Å². The first kappa shape index (κ1) is 11.2. The summed E-state index contributed by atoms with van der Waals surface area (Å²) in [4.78, 5) is 12.3. The van der Waals surface area contributed by atoms with Gasteiger partial charge in [0.15, 0.2) is 5.78 Å². The van der Waals surface area contributed by atoms with Gasteiger partial charge in [-0.1, -0.05) is 18.9 Å². The minimum Gasteiger partial charge on any atom is -0.496 e. The van der Waals surface area contributed by atoms with E-state index in [1.165, 1.54) is 12.8 Å². The van der Waals surface area contributed by atoms with Crippen LogP contribution in [0.1, 0.15) is 41.6 Å². The molecule has 86 valence electrons. The van der Waals surface area contributed by atoms with Crippen LogP contribution in [0, 0.1) is 12.8 Å². The largest absolute Gasteiger partial charge is 0.496 e. The average Bonchev–Trinajstić information content (AvgIpc) is 2.81. The number of Topliss-reactive ketones (excluding diaryl/α,β-unsaturated/α-hetero) is 1. The molecule has 0 amide bonds. The normalized spacial score (nSPS) is 16.4. The molecule has 2 heteroatoms. The number of hydrogen-bond acceptors (Lipinski definition) is 2. The second-order valence-corrected chi connectivity index (χ2v) is 4.55. The molecule has 0 saturated heterocycles. The van der Waals surface area contributed by atoms with Gasteiger partial charge in [-0.15, -0.1) is 0 Å². The molecule has 0 heterocycles. The molecule has 0 aromatic heterocycles. The third-order valence-electron chi connectivity index (χ3n) is 3.35. The van der Waals surface area contributed by atoms with Crippen LogP contribution in [-0.2, 0) is 0 Å². The van der Waals surface area contributed by atoms with Crippen LogP contribution in [0.5, 0.6) is 5.75 Å². The lowest BCUT2D eigenvalue weighted by Crippen LogP contribution is -2.12. The lowest BCUT2D eigenvalue weighted by atomic mass is 9.95. The van der Waals surface area contributed by atoms with E-state index < -0.39 is 0 Å². The minimum absolute atomic E-state index is 0.219. The minimum atomic E-state index is 0.219. The highest BCUT2D eigenvalue weighted by molar-refractivity contribution is 6.00. The molecule has 1 aliphatic carbocycles. The zero-order valence-electron chi connectivity index (χ0n) is 9.95. The van der Waals surface area contributed by atoms with Gasteiger partial charge < -0.3 is 4.74 Å². The van der Waals surface area contributed by atoms with Crippen LogP contribution in [0.25, 0.3) is 0 Å². The summed E-state index contributed by atoms with van der Waals surface area (Å²) in [5.41, 5.74) is 1.87. The van der Waals surface area contributed by atoms with Crippen LogP contribution in [0.15, 0.2) is 18.2 Å². The molecule has 1 fully saturated rings. The summed E-state index contributed by atoms with van der Waals surface area (Å²) >= 11 is 0. The summed E-state index contributed by atoms with van der Waals surface area (Å²) in [6.07, 6.45) is 4.45. The zero-order chi connectivity index (χ0) is 11.5. The van der Waals surface area contributed by atoms with Crippen molar-refractivity contribution in [2.75, 3.05) is 7.11 Å². The van der Waals surface area contributed by atoms with E-state index in [4.69, 9.17) is 4.74 Å². The highest BCUT2D eigenvalue weighted by Crippen LogP contribution is 2.31. The Morgan fingerprint density at radius 3 is 2.62 bits per heavy atom. The van der Waals surface area contributed by atoms with E-state index in [0.29, 0.717) is 0 Å². The van der Waals surface area contributed by atoms with Crippen LogP contribution in [0.2, 0.25) is 0 Å². The predicted octanol–water partition coefficient (Wildman–Crippen LogP) is 3.38. The third-order valence-corrected chi connectivity index (χ3v) is 3.35. The van der Waals surface area contributed by atoms with Crippen molar-refractivity contribution in [2.24, 2.45) is 5.92 Å². The van der Waals surface area contributed by atoms with Crippen molar-refractivity contribution in [1.29, 1.82) is 0 Å². The first-order valence-corrected chi connectivity index (χ1v) is 5.91. The summed E-state index contributed by atoms with van der Waals surface area (Å²) in [6.45, 7) is 2.01. The van der Waals surface area contributed by atoms with Crippen LogP contribution < -0.4 is 4.74 Å². The van der Waals surface area contributed by atoms with E-state index >= 15 is 0 Å². The fourth-order valence-electron chi connectivity index (χ4n) is 2.41. The summed E-state index contributed by atoms with van der Waals surface area (Å²) in [5, 5.41) is 0. The van der Waals surface area contributed by atoms with Crippen molar-refractivity contribution < 1.29 is 9.53 Å². The van der Waals surface area contributed by atoms with Gasteiger partial charge in [0, 0.05) is 5.92 Å². The van der Waals surface area contributed by atoms with Crippen molar-refractivity contribution in [2.45, 2.75) is 32.6 Å². The highest BCUT2D eigenvalue weighted by Gasteiger charge is 2.25. The molecule has 0 aliphatic heterocycles. The third kappa shape index (κ3) is 2.11. The smallest absolute Gasteiger partial charge is 0.169 e. The van der Waals surface area contributed by atoms with E-state index in [1.807, 2.05) is 25.1 Å². The van der Waals surface area contributed by atoms with Crippen LogP contribution in [-0.4, -0.2) is 12.9 Å². The van der Waals surface area contributed by atoms with E-state index in [0.717, 1.165) is 29.7 Å². The number of ether oxygens (including phenoxy) is 1. The number of rotatable bonds is 3. The van der Waals surface area contributed by atoms with Crippen LogP contribution in [0.3, 0.4) is 0 Å². The first-order chi connectivity index (χ1) is 7.72. The molecule has 0 spiro atoms. The van der Waals surface area contributed by atoms with Gasteiger partial charge in [0.05, 0.1) is 12.7 Å². The summed E-state index contributed by atoms with van der Waals surface area (Å²) in [5.74, 6) is 1.20. The fourth-order valence-corrected chi connectivity index (χ4v) is 2.41. The summed E-state index contributed by atoms with van der Waals surface area (Å²) < 4.78 is 5.29. The monoisotopic (exact) mass is 218 g/mol. The van der Waals surface area contributed by atoms with E-state index in [-0.39, 0.29) is 11.7 Å². The molecule has 0 atom stereocenters. The molecule has 2 nitrogen and oxygen atoms in total. The Hall–Kier alpha value is -1.31. The number of carbonyl (C=O) groups is 1. The van der Waals surface area contributed by atoms with Gasteiger partial charge in [0.1, 0.15) is 5.75 Å². The Balaban J connectivity index is 2.28. The summed E-state index contributed by atoms with van der Waals surface area (Å²) in [6, 6.07) is 5.81. The van der Waals surface area contributed by atoms with Gasteiger partial charge >= 0.3 is 0 Å². The Labute approximate surface area is 96.6 Å². The topological polar surface area (TPSA) is 26.3 Å². The van der Waals surface area contributed by atoms with Crippen molar-refractivity contribution in [3.63, 3.8) is 0 Å². The molecule has 0 unspecified atom stereocenters. The molecular weight excluding hydrogens is 200 g/mol. The van der Waals surface area contributed by atoms with Gasteiger partial charge in [-0.2, -0.15) is 0 Å². The van der Waals surface area contributed by atoms with Crippen molar-refractivity contribution in [1.82, 2.24) is 0 Å². The van der Waals surface area contributed by atoms with Crippen LogP contribution >= 0.6 is 0 Å².